The van der Waals surface area contributed by atoms with Gasteiger partial charge in [0.2, 0.25) is 0 Å². The van der Waals surface area contributed by atoms with Crippen LogP contribution < -0.4 is 40.4 Å². The first-order valence-corrected chi connectivity index (χ1v) is 9.70. The first-order valence-electron chi connectivity index (χ1n) is 9.70. The Labute approximate surface area is 193 Å². The number of hydrogen-bond acceptors (Lipinski definition) is 6. The van der Waals surface area contributed by atoms with Gasteiger partial charge in [0, 0.05) is 23.8 Å². The number of Topliss-reactive ketones (excluding diaryl/α,β-unsaturated/α-hetero) is 1. The molecule has 2 fully saturated rings. The van der Waals surface area contributed by atoms with Gasteiger partial charge in [0.1, 0.15) is 0 Å². The number of carbonyl (C=O) groups is 3. The summed E-state index contributed by atoms with van der Waals surface area (Å²) in [5.74, 6) is -1.48. The zero-order valence-electron chi connectivity index (χ0n) is 17.3. The third-order valence-electron chi connectivity index (χ3n) is 5.65. The topological polar surface area (TPSA) is 116 Å². The van der Waals surface area contributed by atoms with Crippen molar-refractivity contribution in [3.63, 3.8) is 0 Å². The van der Waals surface area contributed by atoms with Crippen LogP contribution in [0.4, 0.5) is 0 Å². The average Bonchev–Trinajstić information content (AvgIpc) is 2.91. The van der Waals surface area contributed by atoms with Gasteiger partial charge in [-0.05, 0) is 49.4 Å². The summed E-state index contributed by atoms with van der Waals surface area (Å²) in [7, 11) is 0. The number of carbonyl (C=O) groups excluding carboxylic acids is 3. The molecule has 1 aromatic rings. The first kappa shape index (κ1) is 23.7. The molecule has 3 heterocycles. The van der Waals surface area contributed by atoms with Gasteiger partial charge >= 0.3 is 29.6 Å². The van der Waals surface area contributed by atoms with Crippen LogP contribution in [-0.2, 0) is 9.59 Å². The third kappa shape index (κ3) is 4.79. The summed E-state index contributed by atoms with van der Waals surface area (Å²) >= 11 is 0. The molecule has 2 atom stereocenters. The van der Waals surface area contributed by atoms with Crippen molar-refractivity contribution in [3.8, 4) is 0 Å². The molecule has 1 unspecified atom stereocenters. The van der Waals surface area contributed by atoms with E-state index in [0.29, 0.717) is 36.2 Å². The van der Waals surface area contributed by atoms with Gasteiger partial charge in [-0.3, -0.25) is 14.6 Å². The number of unbranched alkanes of at least 4 members (excludes halogenated alkanes) is 2. The maximum absolute atomic E-state index is 12.5. The van der Waals surface area contributed by atoms with Crippen LogP contribution in [0.2, 0.25) is 0 Å². The molecule has 2 saturated heterocycles. The monoisotopic (exact) mass is 407 g/mol. The van der Waals surface area contributed by atoms with E-state index >= 15 is 0 Å². The maximum atomic E-state index is 12.5. The summed E-state index contributed by atoms with van der Waals surface area (Å²) in [5.41, 5.74) is 6.55. The number of aromatic nitrogens is 1. The Morgan fingerprint density at radius 1 is 1.34 bits per heavy atom. The number of amides is 1. The predicted octanol–water partition coefficient (Wildman–Crippen LogP) is -2.07. The van der Waals surface area contributed by atoms with Gasteiger partial charge in [-0.1, -0.05) is 20.3 Å². The molecule has 1 amide bonds. The second kappa shape index (κ2) is 9.51. The number of nitrogens with zero attached hydrogens (tertiary/aromatic N) is 2. The van der Waals surface area contributed by atoms with Gasteiger partial charge in [-0.15, -0.1) is 0 Å². The fraction of sp³-hybridized carbons (Fsp3) is 0.524. The number of fused-ring (bicyclic) bond motifs is 1. The Balaban J connectivity index is 0.00000300. The number of ketones is 1. The van der Waals surface area contributed by atoms with Gasteiger partial charge in [-0.2, -0.15) is 0 Å². The van der Waals surface area contributed by atoms with E-state index in [4.69, 9.17) is 5.73 Å². The molecule has 3 rings (SSSR count). The van der Waals surface area contributed by atoms with Crippen molar-refractivity contribution < 1.29 is 49.0 Å². The van der Waals surface area contributed by atoms with Crippen molar-refractivity contribution in [3.05, 3.63) is 35.2 Å². The van der Waals surface area contributed by atoms with Crippen LogP contribution >= 0.6 is 0 Å². The molecule has 150 valence electrons. The summed E-state index contributed by atoms with van der Waals surface area (Å²) in [5, 5.41) is 11.5. The standard InChI is InChI=1S/C21H27N3O4.Na/c1-21(2)12-16-15(19(26)24(16)18(21)20(27)28)11-14-10-13(7-9-23-14)17(25)6-4-3-5-8-22;/h7,9-11,16,18H,3-6,8,12,22H2,1-2H3,(H,27,28);/q;+1/p-1/b15-11+;/t16?,18-;/m0./s1. The molecular formula is C21H26N3NaO4. The Morgan fingerprint density at radius 2 is 2.07 bits per heavy atom. The Morgan fingerprint density at radius 3 is 2.72 bits per heavy atom. The number of hydrogen-bond donors (Lipinski definition) is 1. The van der Waals surface area contributed by atoms with Crippen LogP contribution in [0.5, 0.6) is 0 Å². The van der Waals surface area contributed by atoms with Crippen LogP contribution in [0.3, 0.4) is 0 Å². The quantitative estimate of drug-likeness (QED) is 0.174. The number of β-lactam (4-membered cyclic amide) rings is 1. The zero-order chi connectivity index (χ0) is 20.5. The minimum Gasteiger partial charge on any atom is -0.548 e. The van der Waals surface area contributed by atoms with Crippen molar-refractivity contribution in [1.82, 2.24) is 9.88 Å². The van der Waals surface area contributed by atoms with Crippen molar-refractivity contribution >= 4 is 23.7 Å². The molecule has 2 N–H and O–H groups in total. The van der Waals surface area contributed by atoms with Crippen LogP contribution in [0, 0.1) is 5.41 Å². The van der Waals surface area contributed by atoms with Crippen LogP contribution in [-0.4, -0.2) is 46.2 Å². The summed E-state index contributed by atoms with van der Waals surface area (Å²) < 4.78 is 0. The van der Waals surface area contributed by atoms with Crippen LogP contribution in [0.25, 0.3) is 6.08 Å². The molecule has 2 aliphatic heterocycles. The molecule has 0 radical (unpaired) electrons. The summed E-state index contributed by atoms with van der Waals surface area (Å²) in [6, 6.07) is 2.19. The summed E-state index contributed by atoms with van der Waals surface area (Å²) in [6.07, 6.45) is 6.87. The number of aliphatic carboxylic acids is 1. The molecule has 8 heteroatoms. The molecule has 29 heavy (non-hydrogen) atoms. The number of carboxylic acids is 1. The van der Waals surface area contributed by atoms with E-state index in [1.807, 2.05) is 13.8 Å². The van der Waals surface area contributed by atoms with Crippen molar-refractivity contribution in [2.24, 2.45) is 11.1 Å². The summed E-state index contributed by atoms with van der Waals surface area (Å²) in [4.78, 5) is 42.0. The summed E-state index contributed by atoms with van der Waals surface area (Å²) in [6.45, 7) is 4.29. The molecule has 0 spiro atoms. The molecule has 0 bridgehead atoms. The van der Waals surface area contributed by atoms with Crippen LogP contribution in [0.1, 0.15) is 62.0 Å². The Bertz CT molecular complexity index is 837. The smallest absolute Gasteiger partial charge is 0.548 e. The Hall–Kier alpha value is -1.54. The average molecular weight is 407 g/mol. The number of rotatable bonds is 8. The molecule has 1 aromatic heterocycles. The minimum absolute atomic E-state index is 0. The first-order chi connectivity index (χ1) is 13.3. The van der Waals surface area contributed by atoms with E-state index in [0.717, 1.165) is 19.3 Å². The molecule has 0 aromatic carbocycles. The second-order valence-electron chi connectivity index (χ2n) is 8.23. The van der Waals surface area contributed by atoms with E-state index in [-0.39, 0.29) is 47.3 Å². The molecular weight excluding hydrogens is 381 g/mol. The zero-order valence-corrected chi connectivity index (χ0v) is 19.3. The normalized spacial score (nSPS) is 23.3. The molecule has 2 aliphatic rings. The predicted molar refractivity (Wildman–Crippen MR) is 102 cm³/mol. The minimum atomic E-state index is -1.22. The van der Waals surface area contributed by atoms with E-state index in [1.54, 1.807) is 24.4 Å². The molecule has 0 aliphatic carbocycles. The molecule has 7 nitrogen and oxygen atoms in total. The maximum Gasteiger partial charge on any atom is 1.00 e. The van der Waals surface area contributed by atoms with Crippen molar-refractivity contribution in [1.29, 1.82) is 0 Å². The second-order valence-corrected chi connectivity index (χ2v) is 8.23. The third-order valence-corrected chi connectivity index (χ3v) is 5.65. The van der Waals surface area contributed by atoms with E-state index in [2.05, 4.69) is 4.98 Å². The number of carboxylic acid groups (broad SMARTS) is 1. The molecule has 0 saturated carbocycles. The Kier molecular flexibility index (Phi) is 7.79. The van der Waals surface area contributed by atoms with Gasteiger partial charge in [0.05, 0.1) is 23.7 Å². The fourth-order valence-electron chi connectivity index (χ4n) is 4.21. The van der Waals surface area contributed by atoms with Gasteiger partial charge < -0.3 is 20.5 Å². The van der Waals surface area contributed by atoms with Gasteiger partial charge in [0.25, 0.3) is 5.91 Å². The van der Waals surface area contributed by atoms with E-state index < -0.39 is 17.4 Å². The van der Waals surface area contributed by atoms with E-state index in [9.17, 15) is 19.5 Å². The van der Waals surface area contributed by atoms with Crippen molar-refractivity contribution in [2.75, 3.05) is 6.54 Å². The largest absolute Gasteiger partial charge is 1.00 e. The van der Waals surface area contributed by atoms with Gasteiger partial charge in [-0.25, -0.2) is 0 Å². The van der Waals surface area contributed by atoms with Gasteiger partial charge in [0.15, 0.2) is 5.78 Å². The van der Waals surface area contributed by atoms with Crippen molar-refractivity contribution in [2.45, 2.75) is 58.0 Å². The SMILES string of the molecule is CC1(C)CC2/C(=C\c3cc(C(=O)CCCCCN)ccn3)C(=O)N2[C@H]1C(=O)[O-].[Na+]. The number of nitrogens with two attached hydrogens (primary N) is 1. The number of pyridine rings is 1. The van der Waals surface area contributed by atoms with Crippen LogP contribution in [0.15, 0.2) is 23.9 Å². The van der Waals surface area contributed by atoms with E-state index in [1.165, 1.54) is 4.90 Å². The fourth-order valence-corrected chi connectivity index (χ4v) is 4.21.